The maximum atomic E-state index is 11.4. The second kappa shape index (κ2) is 6.99. The predicted molar refractivity (Wildman–Crippen MR) is 101 cm³/mol. The first-order valence-electron chi connectivity index (χ1n) is 7.55. The summed E-state index contributed by atoms with van der Waals surface area (Å²) in [6.07, 6.45) is 1.51. The van der Waals surface area contributed by atoms with E-state index in [9.17, 15) is 18.5 Å². The molecule has 0 saturated carbocycles. The molecule has 1 aromatic heterocycles. The first-order chi connectivity index (χ1) is 12.7. The smallest absolute Gasteiger partial charge is 0.294 e. The average Bonchev–Trinajstić information content (AvgIpc) is 2.95. The van der Waals surface area contributed by atoms with Crippen LogP contribution in [0.2, 0.25) is 5.02 Å². The van der Waals surface area contributed by atoms with Crippen molar-refractivity contribution in [2.24, 2.45) is 5.14 Å². The summed E-state index contributed by atoms with van der Waals surface area (Å²) in [5.74, 6) is 0. The van der Waals surface area contributed by atoms with Crippen molar-refractivity contribution in [1.29, 1.82) is 0 Å². The summed E-state index contributed by atoms with van der Waals surface area (Å²) in [4.78, 5) is 10.3. The van der Waals surface area contributed by atoms with Crippen LogP contribution in [0.4, 0.5) is 17.1 Å². The Morgan fingerprint density at radius 3 is 2.59 bits per heavy atom. The van der Waals surface area contributed by atoms with E-state index in [1.807, 2.05) is 6.07 Å². The van der Waals surface area contributed by atoms with Crippen LogP contribution >= 0.6 is 11.6 Å². The number of nitrogens with zero attached hydrogens (tertiary/aromatic N) is 3. The van der Waals surface area contributed by atoms with Crippen LogP contribution in [0.25, 0.3) is 5.69 Å². The van der Waals surface area contributed by atoms with Crippen LogP contribution in [0, 0.1) is 17.0 Å². The van der Waals surface area contributed by atoms with Crippen molar-refractivity contribution >= 4 is 38.7 Å². The summed E-state index contributed by atoms with van der Waals surface area (Å²) < 4.78 is 24.5. The highest BCUT2D eigenvalue weighted by atomic mass is 35.5. The minimum Gasteiger partial charge on any atom is -0.347 e. The molecule has 3 rings (SSSR count). The van der Waals surface area contributed by atoms with E-state index >= 15 is 0 Å². The fraction of sp³-hybridized carbons (Fsp3) is 0.0625. The Bertz CT molecular complexity index is 1140. The molecule has 3 N–H and O–H groups in total. The lowest BCUT2D eigenvalue weighted by molar-refractivity contribution is -0.384. The number of nitrogens with two attached hydrogens (primary N) is 1. The number of nitro groups is 1. The summed E-state index contributed by atoms with van der Waals surface area (Å²) in [5, 5.41) is 24.1. The molecule has 0 spiro atoms. The van der Waals surface area contributed by atoms with Gasteiger partial charge in [-0.3, -0.25) is 10.1 Å². The van der Waals surface area contributed by atoms with Crippen molar-refractivity contribution in [1.82, 2.24) is 9.78 Å². The molecule has 0 aliphatic rings. The molecule has 3 aromatic rings. The van der Waals surface area contributed by atoms with Gasteiger partial charge in [0.1, 0.15) is 5.69 Å². The monoisotopic (exact) mass is 407 g/mol. The van der Waals surface area contributed by atoms with Gasteiger partial charge in [0, 0.05) is 11.1 Å². The van der Waals surface area contributed by atoms with Crippen LogP contribution < -0.4 is 10.5 Å². The van der Waals surface area contributed by atoms with Crippen LogP contribution in [0.3, 0.4) is 0 Å². The summed E-state index contributed by atoms with van der Waals surface area (Å²) in [7, 11) is -4.05. The second-order valence-corrected chi connectivity index (χ2v) is 7.64. The molecule has 0 amide bonds. The standard InChI is InChI=1S/C16H14ClN5O4S/c1-10-15(9-19-21(10)12-4-2-3-11(17)7-12)20-14-6-5-13(27(18,25)26)8-16(14)22(23)24/h2-9,20H,1H3,(H2,18,25,26). The molecule has 0 atom stereocenters. The Balaban J connectivity index is 2.00. The first kappa shape index (κ1) is 18.8. The van der Waals surface area contributed by atoms with E-state index in [0.717, 1.165) is 11.8 Å². The van der Waals surface area contributed by atoms with Crippen LogP contribution in [-0.4, -0.2) is 23.1 Å². The molecule has 0 radical (unpaired) electrons. The predicted octanol–water partition coefficient (Wildman–Crippen LogP) is 3.13. The molecule has 0 unspecified atom stereocenters. The number of primary sulfonamides is 1. The molecule has 27 heavy (non-hydrogen) atoms. The van der Waals surface area contributed by atoms with E-state index in [-0.39, 0.29) is 10.6 Å². The molecule has 2 aromatic carbocycles. The van der Waals surface area contributed by atoms with Crippen molar-refractivity contribution in [3.05, 3.63) is 69.5 Å². The van der Waals surface area contributed by atoms with Crippen molar-refractivity contribution < 1.29 is 13.3 Å². The van der Waals surface area contributed by atoms with Crippen LogP contribution in [0.5, 0.6) is 0 Å². The van der Waals surface area contributed by atoms with Crippen molar-refractivity contribution in [3.63, 3.8) is 0 Å². The maximum absolute atomic E-state index is 11.4. The van der Waals surface area contributed by atoms with Gasteiger partial charge in [-0.05, 0) is 37.3 Å². The zero-order chi connectivity index (χ0) is 19.8. The van der Waals surface area contributed by atoms with Crippen LogP contribution in [-0.2, 0) is 10.0 Å². The highest BCUT2D eigenvalue weighted by molar-refractivity contribution is 7.89. The lowest BCUT2D eigenvalue weighted by Crippen LogP contribution is -2.12. The summed E-state index contributed by atoms with van der Waals surface area (Å²) in [6, 6.07) is 10.5. The van der Waals surface area contributed by atoms with E-state index in [4.69, 9.17) is 16.7 Å². The van der Waals surface area contributed by atoms with Crippen molar-refractivity contribution in [2.45, 2.75) is 11.8 Å². The van der Waals surface area contributed by atoms with Gasteiger partial charge in [0.2, 0.25) is 10.0 Å². The largest absolute Gasteiger partial charge is 0.347 e. The number of hydrogen-bond donors (Lipinski definition) is 2. The first-order valence-corrected chi connectivity index (χ1v) is 9.48. The molecule has 0 aliphatic carbocycles. The Kier molecular flexibility index (Phi) is 4.87. The highest BCUT2D eigenvalue weighted by Crippen LogP contribution is 2.31. The molecule has 0 saturated heterocycles. The molecule has 0 bridgehead atoms. The molecule has 9 nitrogen and oxygen atoms in total. The van der Waals surface area contributed by atoms with E-state index in [2.05, 4.69) is 10.4 Å². The maximum Gasteiger partial charge on any atom is 0.294 e. The van der Waals surface area contributed by atoms with Crippen molar-refractivity contribution in [2.75, 3.05) is 5.32 Å². The number of halogens is 1. The number of sulfonamides is 1. The zero-order valence-corrected chi connectivity index (χ0v) is 15.5. The third-order valence-electron chi connectivity index (χ3n) is 3.83. The number of rotatable bonds is 5. The molecular weight excluding hydrogens is 394 g/mol. The lowest BCUT2D eigenvalue weighted by atomic mass is 10.2. The number of hydrogen-bond acceptors (Lipinski definition) is 6. The molecule has 140 valence electrons. The SMILES string of the molecule is Cc1c(Nc2ccc(S(N)(=O)=O)cc2[N+](=O)[O-])cnn1-c1cccc(Cl)c1. The topological polar surface area (TPSA) is 133 Å². The molecule has 11 heteroatoms. The Hall–Kier alpha value is -2.95. The summed E-state index contributed by atoms with van der Waals surface area (Å²) in [6.45, 7) is 1.78. The third kappa shape index (κ3) is 3.92. The molecule has 0 fully saturated rings. The van der Waals surface area contributed by atoms with E-state index in [0.29, 0.717) is 16.4 Å². The number of anilines is 2. The van der Waals surface area contributed by atoms with E-state index in [1.165, 1.54) is 18.3 Å². The Labute approximate surface area is 159 Å². The van der Waals surface area contributed by atoms with Gasteiger partial charge in [-0.25, -0.2) is 18.2 Å². The second-order valence-electron chi connectivity index (χ2n) is 5.64. The van der Waals surface area contributed by atoms with E-state index < -0.39 is 20.6 Å². The third-order valence-corrected chi connectivity index (χ3v) is 4.97. The summed E-state index contributed by atoms with van der Waals surface area (Å²) in [5.41, 5.74) is 1.62. The minimum atomic E-state index is -4.05. The molecule has 0 aliphatic heterocycles. The normalized spacial score (nSPS) is 11.4. The van der Waals surface area contributed by atoms with Gasteiger partial charge in [0.05, 0.1) is 33.1 Å². The van der Waals surface area contributed by atoms with Gasteiger partial charge in [0.15, 0.2) is 0 Å². The number of nitrogens with one attached hydrogen (secondary N) is 1. The molecular formula is C16H14ClN5O4S. The Morgan fingerprint density at radius 1 is 1.22 bits per heavy atom. The lowest BCUT2D eigenvalue weighted by Gasteiger charge is -2.09. The highest BCUT2D eigenvalue weighted by Gasteiger charge is 2.20. The van der Waals surface area contributed by atoms with Gasteiger partial charge in [0.25, 0.3) is 5.69 Å². The summed E-state index contributed by atoms with van der Waals surface area (Å²) >= 11 is 6.00. The van der Waals surface area contributed by atoms with Crippen LogP contribution in [0.15, 0.2) is 53.6 Å². The quantitative estimate of drug-likeness (QED) is 0.493. The zero-order valence-electron chi connectivity index (χ0n) is 14.0. The van der Waals surface area contributed by atoms with Gasteiger partial charge >= 0.3 is 0 Å². The van der Waals surface area contributed by atoms with Gasteiger partial charge in [-0.2, -0.15) is 5.10 Å². The van der Waals surface area contributed by atoms with Crippen LogP contribution in [0.1, 0.15) is 5.69 Å². The van der Waals surface area contributed by atoms with Gasteiger partial charge in [-0.1, -0.05) is 17.7 Å². The fourth-order valence-corrected chi connectivity index (χ4v) is 3.21. The Morgan fingerprint density at radius 2 is 1.96 bits per heavy atom. The van der Waals surface area contributed by atoms with Gasteiger partial charge < -0.3 is 5.32 Å². The van der Waals surface area contributed by atoms with Crippen molar-refractivity contribution in [3.8, 4) is 5.69 Å². The van der Waals surface area contributed by atoms with Gasteiger partial charge in [-0.15, -0.1) is 0 Å². The number of aromatic nitrogens is 2. The number of nitro benzene ring substituents is 1. The minimum absolute atomic E-state index is 0.112. The number of benzene rings is 2. The fourth-order valence-electron chi connectivity index (χ4n) is 2.49. The molecule has 1 heterocycles. The van der Waals surface area contributed by atoms with E-state index in [1.54, 1.807) is 29.8 Å². The average molecular weight is 408 g/mol.